The van der Waals surface area contributed by atoms with E-state index in [4.69, 9.17) is 21.3 Å². The number of nitrogens with zero attached hydrogens (tertiary/aromatic N) is 3. The maximum absolute atomic E-state index is 13.6. The first kappa shape index (κ1) is 23.6. The highest BCUT2D eigenvalue weighted by molar-refractivity contribution is 7.98. The number of morpholine rings is 1. The molecule has 0 bridgehead atoms. The quantitative estimate of drug-likeness (QED) is 0.276. The Morgan fingerprint density at radius 1 is 0.971 bits per heavy atom. The summed E-state index contributed by atoms with van der Waals surface area (Å²) in [4.78, 5) is 33.2. The third kappa shape index (κ3) is 5.42. The van der Waals surface area contributed by atoms with Gasteiger partial charge in [0.25, 0.3) is 11.5 Å². The van der Waals surface area contributed by atoms with E-state index in [0.717, 1.165) is 11.1 Å². The van der Waals surface area contributed by atoms with Crippen LogP contribution in [0.25, 0.3) is 10.9 Å². The molecular formula is C27H24ClN3O3S. The van der Waals surface area contributed by atoms with Gasteiger partial charge in [0.1, 0.15) is 0 Å². The van der Waals surface area contributed by atoms with Gasteiger partial charge in [-0.05, 0) is 41.5 Å². The van der Waals surface area contributed by atoms with Crippen LogP contribution < -0.4 is 5.56 Å². The zero-order chi connectivity index (χ0) is 24.2. The summed E-state index contributed by atoms with van der Waals surface area (Å²) < 4.78 is 7.06. The summed E-state index contributed by atoms with van der Waals surface area (Å²) >= 11 is 7.64. The fraction of sp³-hybridized carbons (Fsp3) is 0.222. The number of amides is 1. The molecule has 2 heterocycles. The Kier molecular flexibility index (Phi) is 7.18. The molecular weight excluding hydrogens is 482 g/mol. The minimum absolute atomic E-state index is 0.0707. The number of carbonyl (C=O) groups excluding carboxylic acids is 1. The second-order valence-electron chi connectivity index (χ2n) is 8.33. The molecule has 1 aliphatic rings. The molecule has 0 radical (unpaired) electrons. The van der Waals surface area contributed by atoms with E-state index < -0.39 is 0 Å². The third-order valence-electron chi connectivity index (χ3n) is 5.91. The number of thioether (sulfide) groups is 1. The molecule has 1 amide bonds. The topological polar surface area (TPSA) is 64.4 Å². The Morgan fingerprint density at radius 3 is 2.51 bits per heavy atom. The van der Waals surface area contributed by atoms with Gasteiger partial charge in [0.15, 0.2) is 5.16 Å². The summed E-state index contributed by atoms with van der Waals surface area (Å²) in [7, 11) is 0. The smallest absolute Gasteiger partial charge is 0.262 e. The Morgan fingerprint density at radius 2 is 1.74 bits per heavy atom. The number of aromatic nitrogens is 2. The van der Waals surface area contributed by atoms with Crippen molar-refractivity contribution in [2.45, 2.75) is 17.5 Å². The molecule has 3 aromatic carbocycles. The number of hydrogen-bond donors (Lipinski definition) is 0. The lowest BCUT2D eigenvalue weighted by atomic mass is 10.1. The molecule has 8 heteroatoms. The zero-order valence-electron chi connectivity index (χ0n) is 19.0. The third-order valence-corrected chi connectivity index (χ3v) is 7.19. The van der Waals surface area contributed by atoms with Crippen LogP contribution in [0, 0.1) is 0 Å². The van der Waals surface area contributed by atoms with Gasteiger partial charge in [0.05, 0.1) is 30.7 Å². The molecule has 0 saturated carbocycles. The van der Waals surface area contributed by atoms with E-state index in [9.17, 15) is 9.59 Å². The Hall–Kier alpha value is -3.13. The average molecular weight is 506 g/mol. The van der Waals surface area contributed by atoms with Gasteiger partial charge in [-0.15, -0.1) is 0 Å². The lowest BCUT2D eigenvalue weighted by Crippen LogP contribution is -2.40. The second kappa shape index (κ2) is 10.6. The number of rotatable bonds is 6. The SMILES string of the molecule is O=C(c1ccc2c(=O)n(Cc3ccccc3)c(SCc3cccc(Cl)c3)nc2c1)N1CCOCC1. The van der Waals surface area contributed by atoms with Gasteiger partial charge in [-0.3, -0.25) is 14.2 Å². The van der Waals surface area contributed by atoms with Gasteiger partial charge in [0.2, 0.25) is 0 Å². The van der Waals surface area contributed by atoms with Crippen LogP contribution >= 0.6 is 23.4 Å². The number of ether oxygens (including phenoxy) is 1. The van der Waals surface area contributed by atoms with E-state index in [1.54, 1.807) is 27.7 Å². The van der Waals surface area contributed by atoms with E-state index in [0.29, 0.717) is 65.2 Å². The number of benzene rings is 3. The van der Waals surface area contributed by atoms with E-state index in [-0.39, 0.29) is 11.5 Å². The minimum Gasteiger partial charge on any atom is -0.378 e. The molecule has 1 saturated heterocycles. The van der Waals surface area contributed by atoms with E-state index in [2.05, 4.69) is 0 Å². The first-order valence-corrected chi connectivity index (χ1v) is 12.8. The van der Waals surface area contributed by atoms with Crippen LogP contribution in [0.3, 0.4) is 0 Å². The molecule has 0 unspecified atom stereocenters. The summed E-state index contributed by atoms with van der Waals surface area (Å²) in [5, 5.41) is 1.76. The van der Waals surface area contributed by atoms with E-state index in [1.165, 1.54) is 11.8 Å². The highest BCUT2D eigenvalue weighted by atomic mass is 35.5. The lowest BCUT2D eigenvalue weighted by molar-refractivity contribution is 0.0303. The monoisotopic (exact) mass is 505 g/mol. The van der Waals surface area contributed by atoms with Gasteiger partial charge >= 0.3 is 0 Å². The molecule has 6 nitrogen and oxygen atoms in total. The highest BCUT2D eigenvalue weighted by Gasteiger charge is 2.20. The van der Waals surface area contributed by atoms with Crippen molar-refractivity contribution in [1.82, 2.24) is 14.5 Å². The highest BCUT2D eigenvalue weighted by Crippen LogP contribution is 2.25. The second-order valence-corrected chi connectivity index (χ2v) is 9.71. The van der Waals surface area contributed by atoms with Gasteiger partial charge in [-0.25, -0.2) is 4.98 Å². The molecule has 1 aromatic heterocycles. The van der Waals surface area contributed by atoms with Crippen molar-refractivity contribution in [2.75, 3.05) is 26.3 Å². The summed E-state index contributed by atoms with van der Waals surface area (Å²) in [6, 6.07) is 22.7. The predicted octanol–water partition coefficient (Wildman–Crippen LogP) is 4.86. The maximum atomic E-state index is 13.6. The van der Waals surface area contributed by atoms with Crippen molar-refractivity contribution in [3.8, 4) is 0 Å². The largest absolute Gasteiger partial charge is 0.378 e. The summed E-state index contributed by atoms with van der Waals surface area (Å²) in [6.07, 6.45) is 0. The standard InChI is InChI=1S/C27H24ClN3O3S/c28-22-8-4-7-20(15-22)18-35-27-29-24-16-21(25(32)30-11-13-34-14-12-30)9-10-23(24)26(33)31(27)17-19-5-2-1-3-6-19/h1-10,15-16H,11-14,17-18H2. The fourth-order valence-corrected chi connectivity index (χ4v) is 5.23. The molecule has 5 rings (SSSR count). The van der Waals surface area contributed by atoms with Crippen LogP contribution in [0.1, 0.15) is 21.5 Å². The molecule has 1 aliphatic heterocycles. The van der Waals surface area contributed by atoms with Crippen LogP contribution in [0.5, 0.6) is 0 Å². The molecule has 0 spiro atoms. The van der Waals surface area contributed by atoms with Crippen LogP contribution in [0.2, 0.25) is 5.02 Å². The number of fused-ring (bicyclic) bond motifs is 1. The lowest BCUT2D eigenvalue weighted by Gasteiger charge is -2.26. The molecule has 0 aliphatic carbocycles. The van der Waals surface area contributed by atoms with Gasteiger partial charge < -0.3 is 9.64 Å². The van der Waals surface area contributed by atoms with Gasteiger partial charge in [0, 0.05) is 29.4 Å². The first-order valence-electron chi connectivity index (χ1n) is 11.4. The van der Waals surface area contributed by atoms with Crippen LogP contribution in [0.15, 0.2) is 82.7 Å². The first-order chi connectivity index (χ1) is 17.1. The number of halogens is 1. The molecule has 35 heavy (non-hydrogen) atoms. The van der Waals surface area contributed by atoms with Crippen molar-refractivity contribution in [3.63, 3.8) is 0 Å². The van der Waals surface area contributed by atoms with Crippen LogP contribution in [0.4, 0.5) is 0 Å². The zero-order valence-corrected chi connectivity index (χ0v) is 20.6. The Labute approximate surface area is 212 Å². The van der Waals surface area contributed by atoms with Crippen molar-refractivity contribution >= 4 is 40.2 Å². The van der Waals surface area contributed by atoms with Crippen molar-refractivity contribution in [1.29, 1.82) is 0 Å². The average Bonchev–Trinajstić information content (AvgIpc) is 2.90. The normalized spacial score (nSPS) is 13.8. The Bertz CT molecular complexity index is 1420. The maximum Gasteiger partial charge on any atom is 0.262 e. The van der Waals surface area contributed by atoms with Crippen molar-refractivity contribution < 1.29 is 9.53 Å². The number of hydrogen-bond acceptors (Lipinski definition) is 5. The minimum atomic E-state index is -0.127. The van der Waals surface area contributed by atoms with Gasteiger partial charge in [-0.1, -0.05) is 65.8 Å². The fourth-order valence-electron chi connectivity index (χ4n) is 4.07. The summed E-state index contributed by atoms with van der Waals surface area (Å²) in [6.45, 7) is 2.60. The van der Waals surface area contributed by atoms with Gasteiger partial charge in [-0.2, -0.15) is 0 Å². The molecule has 4 aromatic rings. The summed E-state index contributed by atoms with van der Waals surface area (Å²) in [5.74, 6) is 0.540. The molecule has 178 valence electrons. The van der Waals surface area contributed by atoms with Crippen LogP contribution in [-0.4, -0.2) is 46.7 Å². The van der Waals surface area contributed by atoms with E-state index in [1.807, 2.05) is 54.6 Å². The predicted molar refractivity (Wildman–Crippen MR) is 139 cm³/mol. The van der Waals surface area contributed by atoms with Crippen LogP contribution in [-0.2, 0) is 17.0 Å². The Balaban J connectivity index is 1.53. The molecule has 0 atom stereocenters. The summed E-state index contributed by atoms with van der Waals surface area (Å²) in [5.41, 5.74) is 2.97. The van der Waals surface area contributed by atoms with Crippen molar-refractivity contribution in [2.24, 2.45) is 0 Å². The van der Waals surface area contributed by atoms with Crippen molar-refractivity contribution in [3.05, 3.63) is 105 Å². The molecule has 1 fully saturated rings. The molecule has 0 N–H and O–H groups in total. The number of carbonyl (C=O) groups is 1. The van der Waals surface area contributed by atoms with E-state index >= 15 is 0 Å².